The first-order valence-corrected chi connectivity index (χ1v) is 15.3. The summed E-state index contributed by atoms with van der Waals surface area (Å²) in [6.07, 6.45) is 2.03. The Labute approximate surface area is 233 Å². The molecule has 3 rings (SSSR count). The smallest absolute Gasteiger partial charge is 0.460 e. The molecule has 0 amide bonds. The molecule has 2 atom stereocenters. The van der Waals surface area contributed by atoms with Gasteiger partial charge in [0.05, 0.1) is 13.2 Å². The summed E-state index contributed by atoms with van der Waals surface area (Å²) < 4.78 is 63.5. The van der Waals surface area contributed by atoms with Crippen LogP contribution in [-0.2, 0) is 37.2 Å². The van der Waals surface area contributed by atoms with Gasteiger partial charge in [-0.25, -0.2) is 18.7 Å². The van der Waals surface area contributed by atoms with Crippen LogP contribution in [0, 0.1) is 0 Å². The zero-order chi connectivity index (χ0) is 28.8. The molecular weight excluding hydrogens is 562 g/mol. The number of carbonyl (C=O) groups excluding carboxylic acids is 2. The molecule has 0 aromatic heterocycles. The lowest BCUT2D eigenvalue weighted by Crippen LogP contribution is -2.45. The Hall–Kier alpha value is -3.24. The fourth-order valence-corrected chi connectivity index (χ4v) is 6.83. The highest BCUT2D eigenvalue weighted by molar-refractivity contribution is 7.52. The van der Waals surface area contributed by atoms with Gasteiger partial charge in [0.15, 0.2) is 0 Å². The number of para-hydroxylation sites is 2. The van der Waals surface area contributed by atoms with Gasteiger partial charge in [-0.15, -0.1) is 0 Å². The normalized spacial score (nSPS) is 17.0. The summed E-state index contributed by atoms with van der Waals surface area (Å²) >= 11 is 0. The van der Waals surface area contributed by atoms with Crippen molar-refractivity contribution in [1.29, 1.82) is 0 Å². The summed E-state index contributed by atoms with van der Waals surface area (Å²) in [7, 11) is -7.84. The van der Waals surface area contributed by atoms with Crippen LogP contribution in [0.1, 0.15) is 0 Å². The predicted octanol–water partition coefficient (Wildman–Crippen LogP) is 4.47. The first-order valence-electron chi connectivity index (χ1n) is 12.4. The van der Waals surface area contributed by atoms with Crippen LogP contribution in [0.5, 0.6) is 11.5 Å². The molecule has 0 spiro atoms. The van der Waals surface area contributed by atoms with E-state index < -0.39 is 27.4 Å². The van der Waals surface area contributed by atoms with Gasteiger partial charge in [-0.2, -0.15) is 9.34 Å². The molecule has 1 heterocycles. The van der Waals surface area contributed by atoms with Crippen molar-refractivity contribution in [3.63, 3.8) is 0 Å². The van der Waals surface area contributed by atoms with E-state index in [-0.39, 0.29) is 52.6 Å². The number of ether oxygens (including phenoxy) is 2. The third kappa shape index (κ3) is 9.45. The minimum absolute atomic E-state index is 0.119. The second-order valence-electron chi connectivity index (χ2n) is 8.06. The number of carbonyl (C=O) groups is 2. The van der Waals surface area contributed by atoms with Crippen molar-refractivity contribution in [2.45, 2.75) is 0 Å². The van der Waals surface area contributed by atoms with E-state index >= 15 is 0 Å². The van der Waals surface area contributed by atoms with Crippen molar-refractivity contribution < 1.29 is 46.3 Å². The van der Waals surface area contributed by atoms with Gasteiger partial charge in [0, 0.05) is 38.3 Å². The van der Waals surface area contributed by atoms with E-state index in [9.17, 15) is 18.7 Å². The molecule has 14 heteroatoms. The Morgan fingerprint density at radius 2 is 1.00 bits per heavy atom. The molecule has 216 valence electrons. The molecule has 1 saturated heterocycles. The Kier molecular flexibility index (Phi) is 12.1. The maximum absolute atomic E-state index is 13.9. The second kappa shape index (κ2) is 15.5. The van der Waals surface area contributed by atoms with E-state index in [0.717, 1.165) is 12.2 Å². The Balaban J connectivity index is 1.70. The molecule has 1 fully saturated rings. The lowest BCUT2D eigenvalue weighted by atomic mass is 10.3. The highest BCUT2D eigenvalue weighted by Gasteiger charge is 2.43. The lowest BCUT2D eigenvalue weighted by molar-refractivity contribution is -0.139. The molecule has 0 saturated carbocycles. The SMILES string of the molecule is C=CC(=O)OCCOP(=O)(Oc1ccccc1)N1CCN(P(=O)(OCCOC(=O)C=C)Oc2ccccc2)CC1. The molecule has 1 aliphatic rings. The highest BCUT2D eigenvalue weighted by Crippen LogP contribution is 2.56. The van der Waals surface area contributed by atoms with Gasteiger partial charge in [-0.3, -0.25) is 9.05 Å². The summed E-state index contributed by atoms with van der Waals surface area (Å²) in [4.78, 5) is 22.7. The molecule has 1 aliphatic heterocycles. The maximum Gasteiger partial charge on any atom is 0.461 e. The van der Waals surface area contributed by atoms with Crippen molar-refractivity contribution in [2.75, 3.05) is 52.6 Å². The second-order valence-corrected chi connectivity index (χ2v) is 11.9. The zero-order valence-corrected chi connectivity index (χ0v) is 23.7. The number of nitrogens with zero attached hydrogens (tertiary/aromatic N) is 2. The largest absolute Gasteiger partial charge is 0.461 e. The van der Waals surface area contributed by atoms with Gasteiger partial charge in [0.2, 0.25) is 0 Å². The fourth-order valence-electron chi connectivity index (χ4n) is 3.44. The van der Waals surface area contributed by atoms with E-state index in [1.54, 1.807) is 60.7 Å². The number of esters is 2. The van der Waals surface area contributed by atoms with Gasteiger partial charge in [-0.05, 0) is 24.3 Å². The Bertz CT molecular complexity index is 1130. The topological polar surface area (TPSA) is 130 Å². The summed E-state index contributed by atoms with van der Waals surface area (Å²) in [5, 5.41) is 0. The lowest BCUT2D eigenvalue weighted by Gasteiger charge is -2.39. The molecule has 0 aliphatic carbocycles. The van der Waals surface area contributed by atoms with Crippen molar-refractivity contribution in [1.82, 2.24) is 9.34 Å². The number of benzene rings is 2. The van der Waals surface area contributed by atoms with Gasteiger partial charge in [0.1, 0.15) is 24.7 Å². The Morgan fingerprint density at radius 1 is 0.650 bits per heavy atom. The van der Waals surface area contributed by atoms with Crippen LogP contribution < -0.4 is 9.05 Å². The number of hydrogen-bond acceptors (Lipinski definition) is 10. The number of hydrogen-bond donors (Lipinski definition) is 0. The minimum atomic E-state index is -3.92. The first-order chi connectivity index (χ1) is 19.3. The maximum atomic E-state index is 13.9. The average Bonchev–Trinajstić information content (AvgIpc) is 2.98. The Morgan fingerprint density at radius 3 is 1.32 bits per heavy atom. The van der Waals surface area contributed by atoms with E-state index in [4.69, 9.17) is 27.6 Å². The predicted molar refractivity (Wildman–Crippen MR) is 147 cm³/mol. The average molecular weight is 594 g/mol. The van der Waals surface area contributed by atoms with Crippen LogP contribution in [0.2, 0.25) is 0 Å². The van der Waals surface area contributed by atoms with Crippen LogP contribution in [0.3, 0.4) is 0 Å². The van der Waals surface area contributed by atoms with E-state index in [1.165, 1.54) is 9.34 Å². The third-order valence-corrected chi connectivity index (χ3v) is 9.44. The van der Waals surface area contributed by atoms with Crippen molar-refractivity contribution in [3.8, 4) is 11.5 Å². The van der Waals surface area contributed by atoms with Crippen LogP contribution >= 0.6 is 15.5 Å². The summed E-state index contributed by atoms with van der Waals surface area (Å²) in [6, 6.07) is 17.0. The highest BCUT2D eigenvalue weighted by atomic mass is 31.2. The number of piperazine rings is 1. The van der Waals surface area contributed by atoms with Gasteiger partial charge in [-0.1, -0.05) is 49.6 Å². The van der Waals surface area contributed by atoms with Crippen molar-refractivity contribution in [2.24, 2.45) is 0 Å². The standard InChI is InChI=1S/C26H32N2O10P2/c1-3-25(29)33-19-21-35-39(31,37-23-11-7-5-8-12-23)27-15-17-28(18-16-27)40(32,36-22-20-34-26(30)4-2)38-24-13-9-6-10-14-24/h3-14H,1-2,15-22H2. The molecule has 0 N–H and O–H groups in total. The van der Waals surface area contributed by atoms with Gasteiger partial charge >= 0.3 is 27.4 Å². The first kappa shape index (κ1) is 31.3. The molecule has 0 bridgehead atoms. The van der Waals surface area contributed by atoms with Gasteiger partial charge in [0.25, 0.3) is 0 Å². The van der Waals surface area contributed by atoms with Crippen molar-refractivity contribution in [3.05, 3.63) is 86.0 Å². The molecule has 2 aromatic carbocycles. The minimum Gasteiger partial charge on any atom is -0.460 e. The van der Waals surface area contributed by atoms with Crippen LogP contribution in [-0.4, -0.2) is 73.9 Å². The third-order valence-electron chi connectivity index (χ3n) is 5.35. The van der Waals surface area contributed by atoms with Crippen LogP contribution in [0.15, 0.2) is 86.0 Å². The molecular formula is C26H32N2O10P2. The number of rotatable bonds is 16. The van der Waals surface area contributed by atoms with E-state index in [2.05, 4.69) is 13.2 Å². The molecule has 40 heavy (non-hydrogen) atoms. The molecule has 2 aromatic rings. The van der Waals surface area contributed by atoms with Crippen LogP contribution in [0.4, 0.5) is 0 Å². The monoisotopic (exact) mass is 594 g/mol. The van der Waals surface area contributed by atoms with Crippen LogP contribution in [0.25, 0.3) is 0 Å². The molecule has 2 unspecified atom stereocenters. The summed E-state index contributed by atoms with van der Waals surface area (Å²) in [6.45, 7) is 6.44. The van der Waals surface area contributed by atoms with Crippen molar-refractivity contribution >= 4 is 27.4 Å². The quantitative estimate of drug-likeness (QED) is 0.118. The van der Waals surface area contributed by atoms with E-state index in [1.807, 2.05) is 0 Å². The van der Waals surface area contributed by atoms with E-state index in [0.29, 0.717) is 11.5 Å². The molecule has 0 radical (unpaired) electrons. The van der Waals surface area contributed by atoms with Gasteiger partial charge < -0.3 is 18.5 Å². The molecule has 12 nitrogen and oxygen atoms in total. The summed E-state index contributed by atoms with van der Waals surface area (Å²) in [5.41, 5.74) is 0. The summed E-state index contributed by atoms with van der Waals surface area (Å²) in [5.74, 6) is -0.618. The fraction of sp³-hybridized carbons (Fsp3) is 0.308. The zero-order valence-electron chi connectivity index (χ0n) is 21.9.